The molecule has 1 atom stereocenters. The van der Waals surface area contributed by atoms with Crippen LogP contribution in [-0.4, -0.2) is 47.2 Å². The Bertz CT molecular complexity index is 1430. The first kappa shape index (κ1) is 27.9. The number of fused-ring (bicyclic) bond motifs is 1. The highest BCUT2D eigenvalue weighted by Crippen LogP contribution is 2.23. The van der Waals surface area contributed by atoms with Crippen LogP contribution in [0.4, 0.5) is 5.95 Å². The van der Waals surface area contributed by atoms with Gasteiger partial charge < -0.3 is 15.0 Å². The summed E-state index contributed by atoms with van der Waals surface area (Å²) in [7, 11) is 0. The Labute approximate surface area is 230 Å². The van der Waals surface area contributed by atoms with Gasteiger partial charge in [0.15, 0.2) is 5.65 Å². The van der Waals surface area contributed by atoms with Crippen molar-refractivity contribution in [3.05, 3.63) is 96.5 Å². The highest BCUT2D eigenvalue weighted by molar-refractivity contribution is 5.75. The zero-order valence-corrected chi connectivity index (χ0v) is 23.1. The molecule has 0 aliphatic rings. The molecule has 1 aromatic carbocycles. The summed E-state index contributed by atoms with van der Waals surface area (Å²) in [6, 6.07) is 16.7. The molecule has 0 amide bonds. The van der Waals surface area contributed by atoms with Gasteiger partial charge in [0.2, 0.25) is 5.95 Å². The lowest BCUT2D eigenvalue weighted by atomic mass is 10.0. The third-order valence-corrected chi connectivity index (χ3v) is 6.51. The third kappa shape index (κ3) is 7.45. The fourth-order valence-corrected chi connectivity index (χ4v) is 4.16. The van der Waals surface area contributed by atoms with Crippen LogP contribution < -0.4 is 5.32 Å². The molecule has 202 valence electrons. The van der Waals surface area contributed by atoms with E-state index in [0.29, 0.717) is 5.95 Å². The van der Waals surface area contributed by atoms with Crippen LogP contribution in [0.5, 0.6) is 0 Å². The summed E-state index contributed by atoms with van der Waals surface area (Å²) >= 11 is 0. The van der Waals surface area contributed by atoms with Crippen LogP contribution in [0.25, 0.3) is 22.3 Å². The number of nitrogens with one attached hydrogen (secondary N) is 1. The maximum atomic E-state index is 9.59. The van der Waals surface area contributed by atoms with Gasteiger partial charge in [0, 0.05) is 30.8 Å². The molecule has 0 aliphatic heterocycles. The number of hydrogen-bond acceptors (Lipinski definition) is 7. The minimum atomic E-state index is -0.0734. The van der Waals surface area contributed by atoms with Crippen LogP contribution in [0, 0.1) is 6.92 Å². The van der Waals surface area contributed by atoms with E-state index in [4.69, 9.17) is 9.97 Å². The van der Waals surface area contributed by atoms with Gasteiger partial charge in [-0.3, -0.25) is 9.97 Å². The normalized spacial score (nSPS) is 11.7. The number of benzene rings is 1. The maximum Gasteiger partial charge on any atom is 0.225 e. The summed E-state index contributed by atoms with van der Waals surface area (Å²) < 4.78 is 2.06. The molecule has 5 rings (SSSR count). The number of nitrogens with zero attached hydrogens (tertiary/aromatic N) is 6. The van der Waals surface area contributed by atoms with Gasteiger partial charge >= 0.3 is 0 Å². The minimum absolute atomic E-state index is 0.0416. The molecule has 5 aromatic rings. The Morgan fingerprint density at radius 3 is 2.21 bits per heavy atom. The van der Waals surface area contributed by atoms with Crippen molar-refractivity contribution in [2.45, 2.75) is 59.0 Å². The van der Waals surface area contributed by atoms with Gasteiger partial charge in [-0.15, -0.1) is 0 Å². The lowest BCUT2D eigenvalue weighted by Gasteiger charge is -2.16. The van der Waals surface area contributed by atoms with Crippen LogP contribution in [0.1, 0.15) is 50.1 Å². The predicted molar refractivity (Wildman–Crippen MR) is 157 cm³/mol. The summed E-state index contributed by atoms with van der Waals surface area (Å²) in [5.41, 5.74) is 7.30. The van der Waals surface area contributed by atoms with Crippen molar-refractivity contribution in [3.8, 4) is 11.1 Å². The average molecular weight is 524 g/mol. The average Bonchev–Trinajstić information content (AvgIpc) is 3.41. The molecule has 2 N–H and O–H groups in total. The first-order valence-electron chi connectivity index (χ1n) is 13.4. The summed E-state index contributed by atoms with van der Waals surface area (Å²) in [6.45, 7) is 8.32. The van der Waals surface area contributed by atoms with Crippen molar-refractivity contribution < 1.29 is 5.11 Å². The van der Waals surface area contributed by atoms with E-state index in [-0.39, 0.29) is 18.7 Å². The van der Waals surface area contributed by atoms with Crippen LogP contribution in [0.2, 0.25) is 0 Å². The van der Waals surface area contributed by atoms with Crippen molar-refractivity contribution in [3.63, 3.8) is 0 Å². The van der Waals surface area contributed by atoms with Crippen LogP contribution in [0.3, 0.4) is 0 Å². The molecule has 0 saturated heterocycles. The number of hydrogen-bond donors (Lipinski definition) is 2. The second kappa shape index (κ2) is 13.6. The molecule has 4 aromatic heterocycles. The maximum absolute atomic E-state index is 9.59. The molecule has 0 saturated carbocycles. The van der Waals surface area contributed by atoms with Crippen molar-refractivity contribution in [2.75, 3.05) is 11.9 Å². The minimum Gasteiger partial charge on any atom is -0.394 e. The Kier molecular flexibility index (Phi) is 9.69. The van der Waals surface area contributed by atoms with Crippen LogP contribution in [-0.2, 0) is 12.8 Å². The summed E-state index contributed by atoms with van der Waals surface area (Å²) in [4.78, 5) is 22.2. The second-order valence-electron chi connectivity index (χ2n) is 9.81. The zero-order chi connectivity index (χ0) is 27.6. The Hall–Kier alpha value is -4.17. The van der Waals surface area contributed by atoms with Crippen molar-refractivity contribution in [1.82, 2.24) is 29.5 Å². The molecular formula is C31H37N7O. The summed E-state index contributed by atoms with van der Waals surface area (Å²) in [5.74, 6) is 0.544. The first-order chi connectivity index (χ1) is 19.0. The van der Waals surface area contributed by atoms with Crippen molar-refractivity contribution >= 4 is 17.1 Å². The first-order valence-corrected chi connectivity index (χ1v) is 13.4. The predicted octanol–water partition coefficient (Wildman–Crippen LogP) is 5.83. The fraction of sp³-hybridized carbons (Fsp3) is 0.323. The van der Waals surface area contributed by atoms with Gasteiger partial charge in [-0.1, -0.05) is 43.3 Å². The largest absolute Gasteiger partial charge is 0.394 e. The summed E-state index contributed by atoms with van der Waals surface area (Å²) in [5, 5.41) is 12.9. The molecule has 8 nitrogen and oxygen atoms in total. The molecule has 0 aliphatic carbocycles. The number of aliphatic hydroxyl groups excluding tert-OH is 1. The molecule has 0 radical (unpaired) electrons. The number of pyridine rings is 2. The van der Waals surface area contributed by atoms with E-state index in [2.05, 4.69) is 69.0 Å². The molecule has 0 bridgehead atoms. The Balaban J connectivity index is 0.000000438. The number of aliphatic hydroxyl groups is 1. The molecule has 0 unspecified atom stereocenters. The third-order valence-electron chi connectivity index (χ3n) is 6.51. The second-order valence-corrected chi connectivity index (χ2v) is 9.81. The smallest absolute Gasteiger partial charge is 0.225 e. The van der Waals surface area contributed by atoms with Crippen molar-refractivity contribution in [1.29, 1.82) is 0 Å². The Morgan fingerprint density at radius 1 is 0.897 bits per heavy atom. The Morgan fingerprint density at radius 2 is 1.64 bits per heavy atom. The van der Waals surface area contributed by atoms with E-state index < -0.39 is 0 Å². The van der Waals surface area contributed by atoms with Gasteiger partial charge in [-0.05, 0) is 74.4 Å². The number of anilines is 1. The molecule has 8 heteroatoms. The molecular weight excluding hydrogens is 486 g/mol. The highest BCUT2D eigenvalue weighted by Gasteiger charge is 2.16. The van der Waals surface area contributed by atoms with E-state index in [1.54, 1.807) is 12.4 Å². The van der Waals surface area contributed by atoms with Crippen LogP contribution >= 0.6 is 0 Å². The molecule has 39 heavy (non-hydrogen) atoms. The SMILES string of the molecule is CC[C@H](CO)Nc1nc(CCc2ccc(-c3cccnc3)cc2)c2ncn(C(C)C)c2n1.Cc1cccnc1. The van der Waals surface area contributed by atoms with Crippen molar-refractivity contribution in [2.24, 2.45) is 0 Å². The summed E-state index contributed by atoms with van der Waals surface area (Å²) in [6.07, 6.45) is 11.5. The number of aromatic nitrogens is 6. The van der Waals surface area contributed by atoms with Gasteiger partial charge in [-0.25, -0.2) is 9.97 Å². The van der Waals surface area contributed by atoms with Gasteiger partial charge in [0.25, 0.3) is 0 Å². The van der Waals surface area contributed by atoms with Gasteiger partial charge in [0.05, 0.1) is 24.7 Å². The number of imidazole rings is 1. The van der Waals surface area contributed by atoms with Crippen LogP contribution in [0.15, 0.2) is 79.6 Å². The number of aryl methyl sites for hydroxylation is 3. The standard InChI is InChI=1S/C25H30N6O.C6H7N/c1-4-21(15-32)28-25-29-22(23-24(30-25)31(16-27-23)17(2)3)12-9-18-7-10-19(11-8-18)20-6-5-13-26-14-20;1-6-3-2-4-7-5-6/h5-8,10-11,13-14,16-17,21,32H,4,9,12,15H2,1-3H3,(H,28,29,30);2-5H,1H3/t21-;/m1./s1. The highest BCUT2D eigenvalue weighted by atomic mass is 16.3. The van der Waals surface area contributed by atoms with E-state index in [1.807, 2.05) is 50.8 Å². The zero-order valence-electron chi connectivity index (χ0n) is 23.1. The topological polar surface area (TPSA) is 102 Å². The van der Waals surface area contributed by atoms with E-state index in [9.17, 15) is 5.11 Å². The van der Waals surface area contributed by atoms with E-state index in [0.717, 1.165) is 47.2 Å². The monoisotopic (exact) mass is 523 g/mol. The van der Waals surface area contributed by atoms with E-state index in [1.165, 1.54) is 11.1 Å². The van der Waals surface area contributed by atoms with Gasteiger partial charge in [-0.2, -0.15) is 4.98 Å². The lowest BCUT2D eigenvalue weighted by molar-refractivity contribution is 0.271. The molecule has 0 spiro atoms. The fourth-order valence-electron chi connectivity index (χ4n) is 4.16. The lowest BCUT2D eigenvalue weighted by Crippen LogP contribution is -2.24. The quantitative estimate of drug-likeness (QED) is 0.251. The van der Waals surface area contributed by atoms with Gasteiger partial charge in [0.1, 0.15) is 5.52 Å². The molecule has 4 heterocycles. The van der Waals surface area contributed by atoms with E-state index >= 15 is 0 Å². The number of rotatable bonds is 9. The molecule has 0 fully saturated rings.